The molecule has 98 valence electrons. The normalized spacial score (nSPS) is 11.0. The zero-order valence-corrected chi connectivity index (χ0v) is 11.5. The minimum atomic E-state index is 0.137. The lowest BCUT2D eigenvalue weighted by atomic mass is 9.84. The monoisotopic (exact) mass is 238 g/mol. The fraction of sp³-hybridized carbons (Fsp3) is 0.786. The zero-order valence-electron chi connectivity index (χ0n) is 11.5. The highest BCUT2D eigenvalue weighted by Crippen LogP contribution is 2.26. The van der Waals surface area contributed by atoms with Gasteiger partial charge < -0.3 is 10.6 Å². The van der Waals surface area contributed by atoms with Crippen LogP contribution in [0.1, 0.15) is 46.5 Å². The number of rotatable bonds is 8. The molecular formula is C14H26N2O. The Labute approximate surface area is 106 Å². The molecule has 0 bridgehead atoms. The summed E-state index contributed by atoms with van der Waals surface area (Å²) in [5.41, 5.74) is 5.69. The molecule has 0 radical (unpaired) electrons. The summed E-state index contributed by atoms with van der Waals surface area (Å²) >= 11 is 0. The van der Waals surface area contributed by atoms with Gasteiger partial charge in [-0.3, -0.25) is 4.79 Å². The van der Waals surface area contributed by atoms with E-state index in [1.54, 1.807) is 4.90 Å². The van der Waals surface area contributed by atoms with Crippen LogP contribution in [0.15, 0.2) is 0 Å². The Hall–Kier alpha value is -1.01. The number of nitrogens with zero attached hydrogens (tertiary/aromatic N) is 1. The van der Waals surface area contributed by atoms with E-state index in [1.807, 2.05) is 0 Å². The molecule has 0 heterocycles. The van der Waals surface area contributed by atoms with E-state index in [4.69, 9.17) is 12.2 Å². The number of carbonyl (C=O) groups is 1. The van der Waals surface area contributed by atoms with E-state index in [-0.39, 0.29) is 11.3 Å². The lowest BCUT2D eigenvalue weighted by molar-refractivity contribution is -0.131. The van der Waals surface area contributed by atoms with E-state index < -0.39 is 0 Å². The highest BCUT2D eigenvalue weighted by atomic mass is 16.2. The van der Waals surface area contributed by atoms with Crippen LogP contribution in [-0.2, 0) is 4.79 Å². The first-order chi connectivity index (χ1) is 7.96. The van der Waals surface area contributed by atoms with Crippen molar-refractivity contribution in [3.63, 3.8) is 0 Å². The summed E-state index contributed by atoms with van der Waals surface area (Å²) in [7, 11) is 0. The quantitative estimate of drug-likeness (QED) is 0.658. The molecule has 0 aromatic heterocycles. The molecule has 0 saturated heterocycles. The molecule has 0 rings (SSSR count). The minimum absolute atomic E-state index is 0.137. The minimum Gasteiger partial charge on any atom is -0.332 e. The van der Waals surface area contributed by atoms with Gasteiger partial charge in [0.1, 0.15) is 0 Å². The molecule has 2 N–H and O–H groups in total. The number of hydrogen-bond donors (Lipinski definition) is 1. The largest absolute Gasteiger partial charge is 0.332 e. The highest BCUT2D eigenvalue weighted by molar-refractivity contribution is 5.76. The second-order valence-electron chi connectivity index (χ2n) is 5.22. The second-order valence-corrected chi connectivity index (χ2v) is 5.22. The van der Waals surface area contributed by atoms with E-state index in [1.165, 1.54) is 0 Å². The van der Waals surface area contributed by atoms with Gasteiger partial charge in [0.05, 0.1) is 6.54 Å². The van der Waals surface area contributed by atoms with Gasteiger partial charge in [-0.2, -0.15) is 0 Å². The first-order valence-corrected chi connectivity index (χ1v) is 6.38. The van der Waals surface area contributed by atoms with E-state index in [2.05, 4.69) is 26.7 Å². The fourth-order valence-electron chi connectivity index (χ4n) is 1.79. The van der Waals surface area contributed by atoms with Crippen LogP contribution in [-0.4, -0.2) is 30.4 Å². The van der Waals surface area contributed by atoms with Crippen molar-refractivity contribution in [2.75, 3.05) is 19.6 Å². The molecule has 0 unspecified atom stereocenters. The van der Waals surface area contributed by atoms with Crippen LogP contribution in [0.5, 0.6) is 0 Å². The molecule has 17 heavy (non-hydrogen) atoms. The maximum atomic E-state index is 12.0. The smallest absolute Gasteiger partial charge is 0.223 e. The van der Waals surface area contributed by atoms with Gasteiger partial charge >= 0.3 is 0 Å². The molecule has 3 heteroatoms. The molecular weight excluding hydrogens is 212 g/mol. The lowest BCUT2D eigenvalue weighted by Crippen LogP contribution is -2.33. The maximum Gasteiger partial charge on any atom is 0.223 e. The van der Waals surface area contributed by atoms with Crippen molar-refractivity contribution in [3.05, 3.63) is 0 Å². The standard InChI is InChI=1S/C14H26N2O/c1-5-11-16(12-6-2)13(17)7-8-14(3,4)9-10-15/h1H,6-12,15H2,2-4H3. The van der Waals surface area contributed by atoms with Crippen molar-refractivity contribution >= 4 is 5.91 Å². The van der Waals surface area contributed by atoms with E-state index in [9.17, 15) is 4.79 Å². The van der Waals surface area contributed by atoms with Gasteiger partial charge in [-0.25, -0.2) is 0 Å². The van der Waals surface area contributed by atoms with Gasteiger partial charge in [0.2, 0.25) is 5.91 Å². The first-order valence-electron chi connectivity index (χ1n) is 6.38. The second kappa shape index (κ2) is 8.14. The van der Waals surface area contributed by atoms with Crippen molar-refractivity contribution in [3.8, 4) is 12.3 Å². The van der Waals surface area contributed by atoms with Crippen molar-refractivity contribution in [1.29, 1.82) is 0 Å². The average Bonchev–Trinajstić information content (AvgIpc) is 2.26. The van der Waals surface area contributed by atoms with Crippen molar-refractivity contribution in [2.24, 2.45) is 11.1 Å². The van der Waals surface area contributed by atoms with Crippen LogP contribution in [0.4, 0.5) is 0 Å². The Morgan fingerprint density at radius 1 is 1.41 bits per heavy atom. The van der Waals surface area contributed by atoms with Crippen LogP contribution >= 0.6 is 0 Å². The topological polar surface area (TPSA) is 46.3 Å². The number of carbonyl (C=O) groups excluding carboxylic acids is 1. The van der Waals surface area contributed by atoms with E-state index in [0.29, 0.717) is 19.5 Å². The molecule has 0 aromatic rings. The number of hydrogen-bond acceptors (Lipinski definition) is 2. The van der Waals surface area contributed by atoms with Gasteiger partial charge in [-0.1, -0.05) is 26.7 Å². The number of amides is 1. The number of nitrogens with two attached hydrogens (primary N) is 1. The summed E-state index contributed by atoms with van der Waals surface area (Å²) < 4.78 is 0. The fourth-order valence-corrected chi connectivity index (χ4v) is 1.79. The van der Waals surface area contributed by atoms with E-state index >= 15 is 0 Å². The first kappa shape index (κ1) is 16.0. The van der Waals surface area contributed by atoms with Crippen LogP contribution in [0, 0.1) is 17.8 Å². The van der Waals surface area contributed by atoms with Gasteiger partial charge in [-0.05, 0) is 31.2 Å². The molecule has 1 amide bonds. The van der Waals surface area contributed by atoms with Crippen LogP contribution < -0.4 is 5.73 Å². The van der Waals surface area contributed by atoms with Crippen molar-refractivity contribution < 1.29 is 4.79 Å². The van der Waals surface area contributed by atoms with E-state index in [0.717, 1.165) is 25.8 Å². The summed E-state index contributed by atoms with van der Waals surface area (Å²) in [6, 6.07) is 0. The van der Waals surface area contributed by atoms with Crippen LogP contribution in [0.2, 0.25) is 0 Å². The molecule has 0 aliphatic rings. The van der Waals surface area contributed by atoms with Gasteiger partial charge in [0, 0.05) is 13.0 Å². The molecule has 0 fully saturated rings. The summed E-state index contributed by atoms with van der Waals surface area (Å²) in [5, 5.41) is 0. The van der Waals surface area contributed by atoms with Crippen molar-refractivity contribution in [2.45, 2.75) is 46.5 Å². The van der Waals surface area contributed by atoms with Gasteiger partial charge in [-0.15, -0.1) is 6.42 Å². The Morgan fingerprint density at radius 2 is 2.06 bits per heavy atom. The summed E-state index contributed by atoms with van der Waals surface area (Å²) in [5.74, 6) is 2.70. The maximum absolute atomic E-state index is 12.0. The predicted octanol–water partition coefficient (Wildman–Crippen LogP) is 2.01. The summed E-state index contributed by atoms with van der Waals surface area (Å²) in [6.45, 7) is 8.20. The molecule has 0 aromatic carbocycles. The Balaban J connectivity index is 4.18. The third-order valence-corrected chi connectivity index (χ3v) is 2.97. The third-order valence-electron chi connectivity index (χ3n) is 2.97. The van der Waals surface area contributed by atoms with Crippen molar-refractivity contribution in [1.82, 2.24) is 4.90 Å². The molecule has 0 aliphatic carbocycles. The summed E-state index contributed by atoms with van der Waals surface area (Å²) in [6.07, 6.45) is 8.59. The van der Waals surface area contributed by atoms with Crippen LogP contribution in [0.25, 0.3) is 0 Å². The Kier molecular flexibility index (Phi) is 7.65. The Morgan fingerprint density at radius 3 is 2.53 bits per heavy atom. The highest BCUT2D eigenvalue weighted by Gasteiger charge is 2.20. The zero-order chi connectivity index (χ0) is 13.3. The molecule has 0 saturated carbocycles. The summed E-state index contributed by atoms with van der Waals surface area (Å²) in [4.78, 5) is 13.7. The molecule has 0 spiro atoms. The number of terminal acetylenes is 1. The molecule has 3 nitrogen and oxygen atoms in total. The molecule has 0 aliphatic heterocycles. The SMILES string of the molecule is C#CCN(CCC)C(=O)CCC(C)(C)CCN. The lowest BCUT2D eigenvalue weighted by Gasteiger charge is -2.26. The van der Waals surface area contributed by atoms with Crippen LogP contribution in [0.3, 0.4) is 0 Å². The average molecular weight is 238 g/mol. The molecule has 0 atom stereocenters. The van der Waals surface area contributed by atoms with Gasteiger partial charge in [0.15, 0.2) is 0 Å². The van der Waals surface area contributed by atoms with Gasteiger partial charge in [0.25, 0.3) is 0 Å². The third kappa shape index (κ3) is 7.01. The predicted molar refractivity (Wildman–Crippen MR) is 72.4 cm³/mol. The Bertz CT molecular complexity index is 266.